The monoisotopic (exact) mass is 166 g/mol. The van der Waals surface area contributed by atoms with Crippen LogP contribution in [0.4, 0.5) is 0 Å². The predicted octanol–water partition coefficient (Wildman–Crippen LogP) is 2.37. The molecule has 12 heavy (non-hydrogen) atoms. The van der Waals surface area contributed by atoms with Crippen molar-refractivity contribution in [1.29, 1.82) is 0 Å². The van der Waals surface area contributed by atoms with E-state index in [1.54, 1.807) is 6.92 Å². The zero-order chi connectivity index (χ0) is 9.14. The number of aliphatic carboxylic acids is 1. The molecule has 1 atom stereocenters. The zero-order valence-electron chi connectivity index (χ0n) is 7.34. The number of rotatable bonds is 2. The lowest BCUT2D eigenvalue weighted by Gasteiger charge is -2.04. The lowest BCUT2D eigenvalue weighted by Crippen LogP contribution is -2.00. The van der Waals surface area contributed by atoms with Crippen LogP contribution in [-0.4, -0.2) is 11.1 Å². The zero-order valence-corrected chi connectivity index (χ0v) is 7.34. The third-order valence-electron chi connectivity index (χ3n) is 2.33. The van der Waals surface area contributed by atoms with E-state index in [1.165, 1.54) is 5.57 Å². The molecular weight excluding hydrogens is 152 g/mol. The summed E-state index contributed by atoms with van der Waals surface area (Å²) in [6.07, 6.45) is 5.07. The molecule has 2 heteroatoms. The summed E-state index contributed by atoms with van der Waals surface area (Å²) in [7, 11) is 0. The number of carbonyl (C=O) groups is 1. The van der Waals surface area contributed by atoms with Crippen LogP contribution in [0.15, 0.2) is 23.8 Å². The molecule has 0 aromatic carbocycles. The second kappa shape index (κ2) is 3.57. The summed E-state index contributed by atoms with van der Waals surface area (Å²) in [4.78, 5) is 10.5. The van der Waals surface area contributed by atoms with E-state index in [0.29, 0.717) is 11.5 Å². The van der Waals surface area contributed by atoms with Gasteiger partial charge < -0.3 is 5.11 Å². The molecule has 1 aliphatic carbocycles. The lowest BCUT2D eigenvalue weighted by atomic mass is 10.0. The third-order valence-corrected chi connectivity index (χ3v) is 2.33. The highest BCUT2D eigenvalue weighted by atomic mass is 16.4. The topological polar surface area (TPSA) is 37.3 Å². The van der Waals surface area contributed by atoms with Crippen molar-refractivity contribution in [3.05, 3.63) is 23.8 Å². The summed E-state index contributed by atoms with van der Waals surface area (Å²) >= 11 is 0. The standard InChI is InChI=1S/C10H14O2/c1-7-4-3-5-9(7)6-8(2)10(11)12/h6,9H,1,3-5H2,2H3,(H,11,12)/b8-6+. The van der Waals surface area contributed by atoms with Gasteiger partial charge in [-0.1, -0.05) is 18.2 Å². The van der Waals surface area contributed by atoms with Crippen LogP contribution < -0.4 is 0 Å². The molecule has 66 valence electrons. The molecule has 1 N–H and O–H groups in total. The van der Waals surface area contributed by atoms with Crippen molar-refractivity contribution < 1.29 is 9.90 Å². The van der Waals surface area contributed by atoms with E-state index in [1.807, 2.05) is 6.08 Å². The molecule has 1 saturated carbocycles. The van der Waals surface area contributed by atoms with E-state index in [4.69, 9.17) is 5.11 Å². The van der Waals surface area contributed by atoms with Gasteiger partial charge in [-0.3, -0.25) is 0 Å². The average molecular weight is 166 g/mol. The molecular formula is C10H14O2. The van der Waals surface area contributed by atoms with Gasteiger partial charge in [0.1, 0.15) is 0 Å². The molecule has 0 aromatic rings. The highest BCUT2D eigenvalue weighted by Gasteiger charge is 2.17. The van der Waals surface area contributed by atoms with Gasteiger partial charge in [0, 0.05) is 5.57 Å². The van der Waals surface area contributed by atoms with Gasteiger partial charge in [-0.15, -0.1) is 0 Å². The maximum atomic E-state index is 10.5. The van der Waals surface area contributed by atoms with Gasteiger partial charge in [0.25, 0.3) is 0 Å². The molecule has 1 fully saturated rings. The van der Waals surface area contributed by atoms with Crippen LogP contribution in [0.3, 0.4) is 0 Å². The Morgan fingerprint density at radius 2 is 2.42 bits per heavy atom. The summed E-state index contributed by atoms with van der Waals surface area (Å²) in [6.45, 7) is 5.54. The van der Waals surface area contributed by atoms with Crippen LogP contribution >= 0.6 is 0 Å². The largest absolute Gasteiger partial charge is 0.478 e. The summed E-state index contributed by atoms with van der Waals surface area (Å²) in [5, 5.41) is 8.63. The first-order chi connectivity index (χ1) is 5.61. The highest BCUT2D eigenvalue weighted by Crippen LogP contribution is 2.31. The van der Waals surface area contributed by atoms with Crippen molar-refractivity contribution in [2.24, 2.45) is 5.92 Å². The number of hydrogen-bond acceptors (Lipinski definition) is 1. The summed E-state index contributed by atoms with van der Waals surface area (Å²) in [6, 6.07) is 0. The van der Waals surface area contributed by atoms with Crippen LogP contribution in [0, 0.1) is 5.92 Å². The molecule has 0 spiro atoms. The van der Waals surface area contributed by atoms with Crippen molar-refractivity contribution in [2.45, 2.75) is 26.2 Å². The number of carboxylic acid groups (broad SMARTS) is 1. The molecule has 1 aliphatic rings. The first kappa shape index (κ1) is 9.04. The fraction of sp³-hybridized carbons (Fsp3) is 0.500. The molecule has 0 aromatic heterocycles. The second-order valence-corrected chi connectivity index (χ2v) is 3.31. The maximum Gasteiger partial charge on any atom is 0.330 e. The van der Waals surface area contributed by atoms with Crippen molar-refractivity contribution in [3.8, 4) is 0 Å². The Morgan fingerprint density at radius 3 is 2.83 bits per heavy atom. The minimum atomic E-state index is -0.824. The molecule has 0 bridgehead atoms. The summed E-state index contributed by atoms with van der Waals surface area (Å²) in [5.41, 5.74) is 1.61. The maximum absolute atomic E-state index is 10.5. The third kappa shape index (κ3) is 1.97. The van der Waals surface area contributed by atoms with E-state index in [0.717, 1.165) is 19.3 Å². The van der Waals surface area contributed by atoms with Gasteiger partial charge in [0.15, 0.2) is 0 Å². The van der Waals surface area contributed by atoms with E-state index >= 15 is 0 Å². The van der Waals surface area contributed by atoms with Crippen molar-refractivity contribution in [1.82, 2.24) is 0 Å². The van der Waals surface area contributed by atoms with Crippen LogP contribution in [0.5, 0.6) is 0 Å². The molecule has 0 amide bonds. The minimum absolute atomic E-state index is 0.307. The fourth-order valence-corrected chi connectivity index (χ4v) is 1.51. The van der Waals surface area contributed by atoms with Gasteiger partial charge in [0.05, 0.1) is 0 Å². The fourth-order valence-electron chi connectivity index (χ4n) is 1.51. The first-order valence-corrected chi connectivity index (χ1v) is 4.20. The summed E-state index contributed by atoms with van der Waals surface area (Å²) < 4.78 is 0. The second-order valence-electron chi connectivity index (χ2n) is 3.31. The van der Waals surface area contributed by atoms with E-state index in [2.05, 4.69) is 6.58 Å². The highest BCUT2D eigenvalue weighted by molar-refractivity contribution is 5.85. The molecule has 1 rings (SSSR count). The quantitative estimate of drug-likeness (QED) is 0.505. The Kier molecular flexibility index (Phi) is 2.69. The van der Waals surface area contributed by atoms with Crippen molar-refractivity contribution >= 4 is 5.97 Å². The Morgan fingerprint density at radius 1 is 1.75 bits per heavy atom. The van der Waals surface area contributed by atoms with Gasteiger partial charge in [0.2, 0.25) is 0 Å². The Labute approximate surface area is 72.6 Å². The average Bonchev–Trinajstić information content (AvgIpc) is 2.36. The molecule has 0 saturated heterocycles. The van der Waals surface area contributed by atoms with Crippen LogP contribution in [0.25, 0.3) is 0 Å². The van der Waals surface area contributed by atoms with E-state index < -0.39 is 5.97 Å². The Balaban J connectivity index is 2.66. The molecule has 1 unspecified atom stereocenters. The van der Waals surface area contributed by atoms with E-state index in [9.17, 15) is 4.79 Å². The van der Waals surface area contributed by atoms with Crippen LogP contribution in [-0.2, 0) is 4.79 Å². The Bertz CT molecular complexity index is 238. The van der Waals surface area contributed by atoms with Gasteiger partial charge in [-0.25, -0.2) is 4.79 Å². The number of hydrogen-bond donors (Lipinski definition) is 1. The smallest absolute Gasteiger partial charge is 0.330 e. The summed E-state index contributed by atoms with van der Waals surface area (Å²) in [5.74, 6) is -0.518. The van der Waals surface area contributed by atoms with Crippen LogP contribution in [0.2, 0.25) is 0 Å². The normalized spacial score (nSPS) is 24.6. The van der Waals surface area contributed by atoms with E-state index in [-0.39, 0.29) is 0 Å². The molecule has 0 heterocycles. The number of carboxylic acids is 1. The Hall–Kier alpha value is -1.05. The lowest BCUT2D eigenvalue weighted by molar-refractivity contribution is -0.132. The predicted molar refractivity (Wildman–Crippen MR) is 47.9 cm³/mol. The van der Waals surface area contributed by atoms with Gasteiger partial charge in [-0.2, -0.15) is 0 Å². The SMILES string of the molecule is C=C1CCCC1/C=C(\C)C(=O)O. The molecule has 2 nitrogen and oxygen atoms in total. The van der Waals surface area contributed by atoms with Gasteiger partial charge >= 0.3 is 5.97 Å². The minimum Gasteiger partial charge on any atom is -0.478 e. The number of allylic oxidation sites excluding steroid dienone is 2. The molecule has 0 radical (unpaired) electrons. The van der Waals surface area contributed by atoms with Gasteiger partial charge in [-0.05, 0) is 32.1 Å². The van der Waals surface area contributed by atoms with Crippen LogP contribution in [0.1, 0.15) is 26.2 Å². The first-order valence-electron chi connectivity index (χ1n) is 4.20. The molecule has 0 aliphatic heterocycles. The van der Waals surface area contributed by atoms with Crippen molar-refractivity contribution in [3.63, 3.8) is 0 Å². The van der Waals surface area contributed by atoms with Crippen molar-refractivity contribution in [2.75, 3.05) is 0 Å².